The first-order valence-corrected chi connectivity index (χ1v) is 11.7. The number of carbonyl (C=O) groups is 2. The molecule has 0 bridgehead atoms. The van der Waals surface area contributed by atoms with Crippen molar-refractivity contribution in [2.75, 3.05) is 58.9 Å². The number of para-hydroxylation sites is 1. The number of nitrogens with one attached hydrogen (secondary N) is 1. The van der Waals surface area contributed by atoms with Crippen LogP contribution < -0.4 is 20.2 Å². The van der Waals surface area contributed by atoms with E-state index in [1.807, 2.05) is 4.90 Å². The third-order valence-corrected chi connectivity index (χ3v) is 5.99. The summed E-state index contributed by atoms with van der Waals surface area (Å²) in [6.45, 7) is 4.15. The predicted octanol–water partition coefficient (Wildman–Crippen LogP) is 3.19. The maximum atomic E-state index is 13.5. The predicted molar refractivity (Wildman–Crippen MR) is 135 cm³/mol. The molecule has 2 heterocycles. The Hall–Kier alpha value is -4.05. The van der Waals surface area contributed by atoms with Crippen LogP contribution in [0.4, 0.5) is 10.7 Å². The quantitative estimate of drug-likeness (QED) is 0.532. The van der Waals surface area contributed by atoms with Gasteiger partial charge in [0.05, 0.1) is 38.3 Å². The molecular weight excluding hydrogens is 466 g/mol. The van der Waals surface area contributed by atoms with E-state index >= 15 is 0 Å². The van der Waals surface area contributed by atoms with Gasteiger partial charge in [0, 0.05) is 26.2 Å². The van der Waals surface area contributed by atoms with E-state index in [9.17, 15) is 14.4 Å². The number of anilines is 1. The van der Waals surface area contributed by atoms with Gasteiger partial charge >= 0.3 is 6.09 Å². The van der Waals surface area contributed by atoms with Gasteiger partial charge in [0.25, 0.3) is 0 Å². The zero-order chi connectivity index (χ0) is 25.7. The number of ether oxygens (including phenoxy) is 3. The number of nitrogens with zero attached hydrogens (tertiary/aromatic N) is 2. The van der Waals surface area contributed by atoms with Gasteiger partial charge < -0.3 is 23.5 Å². The van der Waals surface area contributed by atoms with Gasteiger partial charge in [-0.25, -0.2) is 4.79 Å². The minimum atomic E-state index is -0.348. The molecule has 4 rings (SSSR count). The van der Waals surface area contributed by atoms with E-state index in [1.54, 1.807) is 54.3 Å². The summed E-state index contributed by atoms with van der Waals surface area (Å²) in [5.74, 6) is 0.680. The SMILES string of the molecule is CCOC(=O)N1CCN(CC(=O)Nc2oc3ccccc3c(=O)c2-c2ccc(OC)c(OC)c2)CC1. The zero-order valence-corrected chi connectivity index (χ0v) is 20.5. The smallest absolute Gasteiger partial charge is 0.409 e. The second-order valence-electron chi connectivity index (χ2n) is 8.21. The summed E-state index contributed by atoms with van der Waals surface area (Å²) < 4.78 is 21.7. The van der Waals surface area contributed by atoms with E-state index in [1.165, 1.54) is 14.2 Å². The van der Waals surface area contributed by atoms with Gasteiger partial charge in [-0.2, -0.15) is 0 Å². The number of amides is 2. The van der Waals surface area contributed by atoms with Gasteiger partial charge in [-0.3, -0.25) is 19.8 Å². The van der Waals surface area contributed by atoms with Crippen molar-refractivity contribution >= 4 is 28.9 Å². The Morgan fingerprint density at radius 3 is 2.42 bits per heavy atom. The van der Waals surface area contributed by atoms with Gasteiger partial charge in [-0.05, 0) is 36.8 Å². The van der Waals surface area contributed by atoms with Crippen molar-refractivity contribution in [3.8, 4) is 22.6 Å². The lowest BCUT2D eigenvalue weighted by Crippen LogP contribution is -2.50. The molecule has 2 aromatic carbocycles. The van der Waals surface area contributed by atoms with Crippen LogP contribution in [-0.2, 0) is 9.53 Å². The maximum absolute atomic E-state index is 13.5. The van der Waals surface area contributed by atoms with Crippen molar-refractivity contribution in [2.45, 2.75) is 6.92 Å². The van der Waals surface area contributed by atoms with Gasteiger partial charge in [-0.1, -0.05) is 18.2 Å². The van der Waals surface area contributed by atoms with E-state index in [-0.39, 0.29) is 35.4 Å². The van der Waals surface area contributed by atoms with Crippen LogP contribution in [0.2, 0.25) is 0 Å². The van der Waals surface area contributed by atoms with Crippen LogP contribution in [0.3, 0.4) is 0 Å². The Morgan fingerprint density at radius 1 is 1.00 bits per heavy atom. The molecule has 0 aliphatic carbocycles. The van der Waals surface area contributed by atoms with Gasteiger partial charge in [-0.15, -0.1) is 0 Å². The number of benzene rings is 2. The van der Waals surface area contributed by atoms with Crippen LogP contribution in [0.1, 0.15) is 6.92 Å². The van der Waals surface area contributed by atoms with E-state index in [0.29, 0.717) is 60.8 Å². The summed E-state index contributed by atoms with van der Waals surface area (Å²) in [5.41, 5.74) is 0.827. The van der Waals surface area contributed by atoms with E-state index < -0.39 is 0 Å². The Labute approximate surface area is 208 Å². The molecule has 0 saturated carbocycles. The molecule has 190 valence electrons. The molecule has 0 atom stereocenters. The van der Waals surface area contributed by atoms with Crippen LogP contribution in [0.25, 0.3) is 22.1 Å². The zero-order valence-electron chi connectivity index (χ0n) is 20.5. The maximum Gasteiger partial charge on any atom is 0.409 e. The summed E-state index contributed by atoms with van der Waals surface area (Å²) in [6, 6.07) is 12.0. The van der Waals surface area contributed by atoms with E-state index in [0.717, 1.165) is 0 Å². The van der Waals surface area contributed by atoms with Crippen LogP contribution >= 0.6 is 0 Å². The molecule has 36 heavy (non-hydrogen) atoms. The highest BCUT2D eigenvalue weighted by Crippen LogP contribution is 2.35. The standard InChI is InChI=1S/C26H29N3O7/c1-4-35-26(32)29-13-11-28(12-14-29)16-22(30)27-25-23(17-9-10-20(33-2)21(15-17)34-3)24(31)18-7-5-6-8-19(18)36-25/h5-10,15H,4,11-14,16H2,1-3H3,(H,27,30). The molecule has 2 amide bonds. The molecule has 10 heteroatoms. The summed E-state index contributed by atoms with van der Waals surface area (Å²) >= 11 is 0. The molecular formula is C26H29N3O7. The normalized spacial score (nSPS) is 13.9. The van der Waals surface area contributed by atoms with Crippen molar-refractivity contribution in [1.29, 1.82) is 0 Å². The first kappa shape index (κ1) is 25.1. The minimum absolute atomic E-state index is 0.0566. The molecule has 3 aromatic rings. The Kier molecular flexibility index (Phi) is 7.74. The molecule has 1 N–H and O–H groups in total. The molecule has 1 aliphatic rings. The molecule has 0 radical (unpaired) electrons. The Morgan fingerprint density at radius 2 is 1.72 bits per heavy atom. The summed E-state index contributed by atoms with van der Waals surface area (Å²) in [5, 5.41) is 3.18. The Bertz CT molecular complexity index is 1310. The monoisotopic (exact) mass is 495 g/mol. The van der Waals surface area contributed by atoms with Gasteiger partial charge in [0.2, 0.25) is 17.2 Å². The highest BCUT2D eigenvalue weighted by Gasteiger charge is 2.25. The summed E-state index contributed by atoms with van der Waals surface area (Å²) in [4.78, 5) is 41.9. The molecule has 0 spiro atoms. The number of methoxy groups -OCH3 is 2. The summed E-state index contributed by atoms with van der Waals surface area (Å²) in [6.07, 6.45) is -0.348. The van der Waals surface area contributed by atoms with Crippen LogP contribution in [0.5, 0.6) is 11.5 Å². The van der Waals surface area contributed by atoms with E-state index in [4.69, 9.17) is 18.6 Å². The van der Waals surface area contributed by atoms with Crippen LogP contribution in [0, 0.1) is 0 Å². The second-order valence-corrected chi connectivity index (χ2v) is 8.21. The van der Waals surface area contributed by atoms with Crippen LogP contribution in [0.15, 0.2) is 51.7 Å². The molecule has 10 nitrogen and oxygen atoms in total. The largest absolute Gasteiger partial charge is 0.493 e. The Balaban J connectivity index is 1.59. The fourth-order valence-electron chi connectivity index (χ4n) is 4.16. The van der Waals surface area contributed by atoms with Crippen LogP contribution in [-0.4, -0.2) is 75.4 Å². The van der Waals surface area contributed by atoms with Crippen molar-refractivity contribution in [3.05, 3.63) is 52.7 Å². The highest BCUT2D eigenvalue weighted by atomic mass is 16.6. The first-order valence-electron chi connectivity index (χ1n) is 11.7. The minimum Gasteiger partial charge on any atom is -0.493 e. The van der Waals surface area contributed by atoms with Gasteiger partial charge in [0.1, 0.15) is 5.58 Å². The third-order valence-electron chi connectivity index (χ3n) is 5.99. The number of fused-ring (bicyclic) bond motifs is 1. The van der Waals surface area contributed by atoms with Crippen molar-refractivity contribution in [3.63, 3.8) is 0 Å². The lowest BCUT2D eigenvalue weighted by atomic mass is 10.0. The lowest BCUT2D eigenvalue weighted by molar-refractivity contribution is -0.117. The molecule has 1 aliphatic heterocycles. The lowest BCUT2D eigenvalue weighted by Gasteiger charge is -2.33. The highest BCUT2D eigenvalue weighted by molar-refractivity contribution is 5.97. The van der Waals surface area contributed by atoms with Gasteiger partial charge in [0.15, 0.2) is 11.5 Å². The molecule has 1 fully saturated rings. The topological polar surface area (TPSA) is 111 Å². The first-order chi connectivity index (χ1) is 17.4. The van der Waals surface area contributed by atoms with Crippen molar-refractivity contribution < 1.29 is 28.2 Å². The second kappa shape index (κ2) is 11.1. The fourth-order valence-corrected chi connectivity index (χ4v) is 4.16. The van der Waals surface area contributed by atoms with Crippen molar-refractivity contribution in [1.82, 2.24) is 9.80 Å². The molecule has 1 saturated heterocycles. The third kappa shape index (κ3) is 5.28. The number of carbonyl (C=O) groups excluding carboxylic acids is 2. The average Bonchev–Trinajstić information content (AvgIpc) is 2.89. The average molecular weight is 496 g/mol. The van der Waals surface area contributed by atoms with E-state index in [2.05, 4.69) is 5.32 Å². The number of rotatable bonds is 7. The number of hydrogen-bond acceptors (Lipinski definition) is 8. The fraction of sp³-hybridized carbons (Fsp3) is 0.346. The summed E-state index contributed by atoms with van der Waals surface area (Å²) in [7, 11) is 3.04. The number of hydrogen-bond donors (Lipinski definition) is 1. The number of piperazine rings is 1. The molecule has 1 aromatic heterocycles. The van der Waals surface area contributed by atoms with Crippen molar-refractivity contribution in [2.24, 2.45) is 0 Å². The molecule has 0 unspecified atom stereocenters.